The maximum absolute atomic E-state index is 5.90. The number of nitrogens with two attached hydrogens (primary N) is 1. The lowest BCUT2D eigenvalue weighted by molar-refractivity contribution is 0.0971. The van der Waals surface area contributed by atoms with Crippen LogP contribution in [0.15, 0.2) is 18.3 Å². The van der Waals surface area contributed by atoms with Crippen LogP contribution in [0.2, 0.25) is 0 Å². The molecule has 2 rings (SSSR count). The number of rotatable bonds is 5. The minimum atomic E-state index is 0.0263. The van der Waals surface area contributed by atoms with Gasteiger partial charge in [-0.2, -0.15) is 0 Å². The van der Waals surface area contributed by atoms with E-state index in [0.29, 0.717) is 5.92 Å². The molecule has 3 N–H and O–H groups in total. The standard InChI is InChI=1S/C15H26N4/c1-5-15(2,19(3)4)14(18-16)12-9-8-11-7-6-10-17-13(11)12/h6-7,10,12,14,18H,5,8-9,16H2,1-4H3. The highest BCUT2D eigenvalue weighted by Crippen LogP contribution is 2.39. The SMILES string of the molecule is CCC(C)(C(NN)C1CCc2cccnc21)N(C)C. The average molecular weight is 262 g/mol. The quantitative estimate of drug-likeness (QED) is 0.626. The van der Waals surface area contributed by atoms with Crippen LogP contribution in [0.4, 0.5) is 0 Å². The number of hydrogen-bond donors (Lipinski definition) is 2. The van der Waals surface area contributed by atoms with Crippen LogP contribution in [-0.4, -0.2) is 35.6 Å². The number of nitrogens with one attached hydrogen (secondary N) is 1. The molecule has 0 saturated carbocycles. The van der Waals surface area contributed by atoms with Crippen LogP contribution in [0.5, 0.6) is 0 Å². The molecule has 0 aromatic carbocycles. The first-order valence-corrected chi connectivity index (χ1v) is 7.12. The molecule has 19 heavy (non-hydrogen) atoms. The van der Waals surface area contributed by atoms with Gasteiger partial charge in [-0.15, -0.1) is 0 Å². The van der Waals surface area contributed by atoms with E-state index in [1.807, 2.05) is 12.3 Å². The van der Waals surface area contributed by atoms with Crippen molar-refractivity contribution >= 4 is 0 Å². The predicted molar refractivity (Wildman–Crippen MR) is 78.8 cm³/mol. The van der Waals surface area contributed by atoms with E-state index < -0.39 is 0 Å². The molecule has 0 radical (unpaired) electrons. The van der Waals surface area contributed by atoms with Gasteiger partial charge in [0.05, 0.1) is 0 Å². The van der Waals surface area contributed by atoms with E-state index in [4.69, 9.17) is 5.84 Å². The number of pyridine rings is 1. The first-order chi connectivity index (χ1) is 9.04. The number of hydrogen-bond acceptors (Lipinski definition) is 4. The zero-order valence-corrected chi connectivity index (χ0v) is 12.5. The Morgan fingerprint density at radius 1 is 1.58 bits per heavy atom. The zero-order chi connectivity index (χ0) is 14.0. The minimum absolute atomic E-state index is 0.0263. The van der Waals surface area contributed by atoms with Gasteiger partial charge in [0.1, 0.15) is 0 Å². The molecule has 0 fully saturated rings. The van der Waals surface area contributed by atoms with E-state index in [1.54, 1.807) is 0 Å². The van der Waals surface area contributed by atoms with Crippen LogP contribution in [-0.2, 0) is 6.42 Å². The van der Waals surface area contributed by atoms with Gasteiger partial charge in [-0.1, -0.05) is 13.0 Å². The first-order valence-electron chi connectivity index (χ1n) is 7.12. The fourth-order valence-corrected chi connectivity index (χ4v) is 3.31. The lowest BCUT2D eigenvalue weighted by Crippen LogP contribution is -2.60. The molecule has 3 unspecified atom stereocenters. The normalized spacial score (nSPS) is 23.2. The van der Waals surface area contributed by atoms with Gasteiger partial charge in [0, 0.05) is 29.4 Å². The van der Waals surface area contributed by atoms with Crippen LogP contribution < -0.4 is 11.3 Å². The second kappa shape index (κ2) is 5.57. The van der Waals surface area contributed by atoms with Gasteiger partial charge >= 0.3 is 0 Å². The third-order valence-corrected chi connectivity index (χ3v) is 4.99. The number of hydrazine groups is 1. The summed E-state index contributed by atoms with van der Waals surface area (Å²) in [4.78, 5) is 6.88. The number of aromatic nitrogens is 1. The highest BCUT2D eigenvalue weighted by molar-refractivity contribution is 5.31. The summed E-state index contributed by atoms with van der Waals surface area (Å²) in [5, 5.41) is 0. The molecular weight excluding hydrogens is 236 g/mol. The Balaban J connectivity index is 2.34. The molecule has 106 valence electrons. The summed E-state index contributed by atoms with van der Waals surface area (Å²) in [5.41, 5.74) is 5.71. The number of aryl methyl sites for hydroxylation is 1. The highest BCUT2D eigenvalue weighted by atomic mass is 15.3. The van der Waals surface area contributed by atoms with Gasteiger partial charge in [0.15, 0.2) is 0 Å². The van der Waals surface area contributed by atoms with E-state index >= 15 is 0 Å². The molecule has 0 aliphatic heterocycles. The Labute approximate surface area is 116 Å². The summed E-state index contributed by atoms with van der Waals surface area (Å²) in [7, 11) is 4.25. The second-order valence-electron chi connectivity index (χ2n) is 5.94. The molecule has 1 aromatic rings. The van der Waals surface area contributed by atoms with Crippen molar-refractivity contribution in [3.05, 3.63) is 29.6 Å². The molecule has 0 amide bonds. The smallest absolute Gasteiger partial charge is 0.0483 e. The summed E-state index contributed by atoms with van der Waals surface area (Å²) in [6.45, 7) is 4.50. The summed E-state index contributed by atoms with van der Waals surface area (Å²) < 4.78 is 0. The fraction of sp³-hybridized carbons (Fsp3) is 0.667. The molecule has 0 saturated heterocycles. The summed E-state index contributed by atoms with van der Waals surface area (Å²) >= 11 is 0. The molecular formula is C15H26N4. The van der Waals surface area contributed by atoms with Crippen LogP contribution in [0.25, 0.3) is 0 Å². The monoisotopic (exact) mass is 262 g/mol. The van der Waals surface area contributed by atoms with Crippen molar-refractivity contribution in [2.45, 2.75) is 50.6 Å². The molecule has 1 aromatic heterocycles. The van der Waals surface area contributed by atoms with Gasteiger partial charge in [0.25, 0.3) is 0 Å². The van der Waals surface area contributed by atoms with E-state index in [1.165, 1.54) is 11.3 Å². The molecule has 1 aliphatic rings. The van der Waals surface area contributed by atoms with Gasteiger partial charge in [-0.3, -0.25) is 16.3 Å². The minimum Gasteiger partial charge on any atom is -0.302 e. The Hall–Kier alpha value is -0.970. The maximum Gasteiger partial charge on any atom is 0.0483 e. The van der Waals surface area contributed by atoms with Gasteiger partial charge in [0.2, 0.25) is 0 Å². The second-order valence-corrected chi connectivity index (χ2v) is 5.94. The van der Waals surface area contributed by atoms with E-state index in [9.17, 15) is 0 Å². The van der Waals surface area contributed by atoms with E-state index in [0.717, 1.165) is 19.3 Å². The Bertz CT molecular complexity index is 432. The van der Waals surface area contributed by atoms with Crippen molar-refractivity contribution in [2.24, 2.45) is 5.84 Å². The summed E-state index contributed by atoms with van der Waals surface area (Å²) in [6.07, 6.45) is 5.18. The zero-order valence-electron chi connectivity index (χ0n) is 12.5. The van der Waals surface area contributed by atoms with Crippen molar-refractivity contribution in [3.8, 4) is 0 Å². The fourth-order valence-electron chi connectivity index (χ4n) is 3.31. The van der Waals surface area contributed by atoms with Crippen LogP contribution in [0, 0.1) is 0 Å². The van der Waals surface area contributed by atoms with E-state index in [-0.39, 0.29) is 11.6 Å². The lowest BCUT2D eigenvalue weighted by atomic mass is 9.79. The maximum atomic E-state index is 5.90. The predicted octanol–water partition coefficient (Wildman–Crippen LogP) is 1.67. The largest absolute Gasteiger partial charge is 0.302 e. The molecule has 3 atom stereocenters. The number of likely N-dealkylation sites (N-methyl/N-ethyl adjacent to an activating group) is 1. The molecule has 4 heteroatoms. The molecule has 4 nitrogen and oxygen atoms in total. The van der Waals surface area contributed by atoms with Crippen molar-refractivity contribution in [1.82, 2.24) is 15.3 Å². The third kappa shape index (κ3) is 2.40. The van der Waals surface area contributed by atoms with Gasteiger partial charge < -0.3 is 4.90 Å². The molecule has 1 aliphatic carbocycles. The highest BCUT2D eigenvalue weighted by Gasteiger charge is 2.42. The van der Waals surface area contributed by atoms with Crippen LogP contribution >= 0.6 is 0 Å². The topological polar surface area (TPSA) is 54.2 Å². The third-order valence-electron chi connectivity index (χ3n) is 4.99. The molecule has 1 heterocycles. The van der Waals surface area contributed by atoms with E-state index in [2.05, 4.69) is 49.3 Å². The summed E-state index contributed by atoms with van der Waals surface area (Å²) in [6, 6.07) is 4.43. The Morgan fingerprint density at radius 2 is 2.32 bits per heavy atom. The Kier molecular flexibility index (Phi) is 4.23. The first kappa shape index (κ1) is 14.4. The van der Waals surface area contributed by atoms with Crippen molar-refractivity contribution in [1.29, 1.82) is 0 Å². The van der Waals surface area contributed by atoms with Gasteiger partial charge in [-0.05, 0) is 51.9 Å². The Morgan fingerprint density at radius 3 is 2.89 bits per heavy atom. The van der Waals surface area contributed by atoms with Crippen molar-refractivity contribution in [2.75, 3.05) is 14.1 Å². The number of fused-ring (bicyclic) bond motifs is 1. The molecule has 0 spiro atoms. The van der Waals surface area contributed by atoms with Crippen molar-refractivity contribution in [3.63, 3.8) is 0 Å². The van der Waals surface area contributed by atoms with Crippen LogP contribution in [0.3, 0.4) is 0 Å². The lowest BCUT2D eigenvalue weighted by Gasteiger charge is -2.45. The number of nitrogens with zero attached hydrogens (tertiary/aromatic N) is 2. The molecule has 0 bridgehead atoms. The summed E-state index contributed by atoms with van der Waals surface area (Å²) in [5.74, 6) is 6.30. The van der Waals surface area contributed by atoms with Crippen molar-refractivity contribution < 1.29 is 0 Å². The van der Waals surface area contributed by atoms with Crippen LogP contribution in [0.1, 0.15) is 43.9 Å². The average Bonchev–Trinajstić information content (AvgIpc) is 2.83. The van der Waals surface area contributed by atoms with Gasteiger partial charge in [-0.25, -0.2) is 0 Å².